The Labute approximate surface area is 142 Å². The van der Waals surface area contributed by atoms with Gasteiger partial charge in [0.25, 0.3) is 0 Å². The summed E-state index contributed by atoms with van der Waals surface area (Å²) in [5.41, 5.74) is 4.97. The minimum absolute atomic E-state index is 0.684. The van der Waals surface area contributed by atoms with Crippen LogP contribution in [0.1, 0.15) is 16.7 Å². The van der Waals surface area contributed by atoms with Crippen molar-refractivity contribution in [1.82, 2.24) is 5.32 Å². The summed E-state index contributed by atoms with van der Waals surface area (Å²) in [7, 11) is 0. The lowest BCUT2D eigenvalue weighted by molar-refractivity contribution is 0.989. The van der Waals surface area contributed by atoms with E-state index in [1.54, 1.807) is 0 Å². The predicted molar refractivity (Wildman–Crippen MR) is 103 cm³/mol. The molecular formula is C18H22N2S2. The van der Waals surface area contributed by atoms with Gasteiger partial charge in [-0.05, 0) is 54.9 Å². The lowest BCUT2D eigenvalue weighted by Crippen LogP contribution is -2.30. The van der Waals surface area contributed by atoms with Gasteiger partial charge in [0.1, 0.15) is 0 Å². The maximum absolute atomic E-state index is 5.32. The third-order valence-corrected chi connectivity index (χ3v) is 4.68. The highest BCUT2D eigenvalue weighted by atomic mass is 32.2. The summed E-state index contributed by atoms with van der Waals surface area (Å²) in [6.07, 6.45) is 0. The van der Waals surface area contributed by atoms with E-state index in [0.717, 1.165) is 23.7 Å². The van der Waals surface area contributed by atoms with Crippen molar-refractivity contribution in [3.8, 4) is 0 Å². The molecule has 0 aliphatic rings. The first kappa shape index (κ1) is 16.8. The molecule has 0 saturated heterocycles. The fourth-order valence-corrected chi connectivity index (χ4v) is 3.03. The number of nitrogens with one attached hydrogen (secondary N) is 2. The Morgan fingerprint density at radius 2 is 1.82 bits per heavy atom. The molecule has 0 fully saturated rings. The van der Waals surface area contributed by atoms with Gasteiger partial charge >= 0.3 is 0 Å². The number of thiocarbonyl (C=S) groups is 1. The normalized spacial score (nSPS) is 10.3. The second-order valence-corrected chi connectivity index (χ2v) is 6.73. The first-order valence-electron chi connectivity index (χ1n) is 7.39. The van der Waals surface area contributed by atoms with Gasteiger partial charge in [-0.1, -0.05) is 36.4 Å². The van der Waals surface area contributed by atoms with Crippen molar-refractivity contribution in [2.45, 2.75) is 19.6 Å². The molecule has 2 nitrogen and oxygen atoms in total. The van der Waals surface area contributed by atoms with Crippen molar-refractivity contribution in [3.05, 3.63) is 65.2 Å². The molecule has 4 heteroatoms. The number of hydrogen-bond acceptors (Lipinski definition) is 2. The molecular weight excluding hydrogens is 308 g/mol. The molecule has 0 aliphatic carbocycles. The minimum atomic E-state index is 0.684. The molecule has 22 heavy (non-hydrogen) atoms. The Bertz CT molecular complexity index is 612. The molecule has 0 spiro atoms. The van der Waals surface area contributed by atoms with E-state index < -0.39 is 0 Å². The van der Waals surface area contributed by atoms with Crippen LogP contribution < -0.4 is 10.6 Å². The number of thioether (sulfide) groups is 1. The summed E-state index contributed by atoms with van der Waals surface area (Å²) in [6.45, 7) is 5.09. The maximum atomic E-state index is 5.32. The van der Waals surface area contributed by atoms with E-state index in [2.05, 4.69) is 66.9 Å². The molecule has 2 N–H and O–H groups in total. The van der Waals surface area contributed by atoms with Crippen molar-refractivity contribution in [2.24, 2.45) is 0 Å². The molecule has 0 radical (unpaired) electrons. The molecule has 0 saturated carbocycles. The molecule has 2 aromatic carbocycles. The van der Waals surface area contributed by atoms with Gasteiger partial charge < -0.3 is 10.6 Å². The Morgan fingerprint density at radius 1 is 1.05 bits per heavy atom. The van der Waals surface area contributed by atoms with E-state index in [-0.39, 0.29) is 0 Å². The fraction of sp³-hybridized carbons (Fsp3) is 0.278. The number of rotatable bonds is 6. The summed E-state index contributed by atoms with van der Waals surface area (Å²) in [4.78, 5) is 0. The largest absolute Gasteiger partial charge is 0.362 e. The molecule has 2 aromatic rings. The van der Waals surface area contributed by atoms with Crippen LogP contribution >= 0.6 is 24.0 Å². The minimum Gasteiger partial charge on any atom is -0.362 e. The lowest BCUT2D eigenvalue weighted by atomic mass is 10.1. The number of hydrogen-bond donors (Lipinski definition) is 2. The first-order chi connectivity index (χ1) is 10.6. The summed E-state index contributed by atoms with van der Waals surface area (Å²) in [6, 6.07) is 16.8. The van der Waals surface area contributed by atoms with Gasteiger partial charge in [-0.25, -0.2) is 0 Å². The average Bonchev–Trinajstić information content (AvgIpc) is 2.52. The molecule has 2 rings (SSSR count). The van der Waals surface area contributed by atoms with Crippen molar-refractivity contribution in [3.63, 3.8) is 0 Å². The van der Waals surface area contributed by atoms with Gasteiger partial charge in [0.15, 0.2) is 5.11 Å². The third-order valence-electron chi connectivity index (χ3n) is 3.41. The summed E-state index contributed by atoms with van der Waals surface area (Å²) >= 11 is 7.23. The maximum Gasteiger partial charge on any atom is 0.170 e. The van der Waals surface area contributed by atoms with Gasteiger partial charge in [0.05, 0.1) is 0 Å². The van der Waals surface area contributed by atoms with Crippen LogP contribution in [0.4, 0.5) is 5.69 Å². The van der Waals surface area contributed by atoms with Gasteiger partial charge in [-0.3, -0.25) is 0 Å². The quantitative estimate of drug-likeness (QED) is 0.600. The summed E-state index contributed by atoms with van der Waals surface area (Å²) < 4.78 is 0. The third kappa shape index (κ3) is 5.70. The van der Waals surface area contributed by atoms with Crippen molar-refractivity contribution in [2.75, 3.05) is 17.6 Å². The van der Waals surface area contributed by atoms with Gasteiger partial charge in [0.2, 0.25) is 0 Å². The summed E-state index contributed by atoms with van der Waals surface area (Å²) in [5, 5.41) is 7.16. The fourth-order valence-electron chi connectivity index (χ4n) is 2.00. The zero-order valence-electron chi connectivity index (χ0n) is 13.1. The highest BCUT2D eigenvalue weighted by Crippen LogP contribution is 2.14. The molecule has 0 aliphatic heterocycles. The van der Waals surface area contributed by atoms with Crippen LogP contribution in [-0.2, 0) is 5.75 Å². The Balaban J connectivity index is 1.64. The van der Waals surface area contributed by atoms with Crippen molar-refractivity contribution >= 4 is 34.8 Å². The van der Waals surface area contributed by atoms with Crippen LogP contribution in [0.3, 0.4) is 0 Å². The van der Waals surface area contributed by atoms with Gasteiger partial charge in [-0.2, -0.15) is 11.8 Å². The topological polar surface area (TPSA) is 24.1 Å². The molecule has 0 unspecified atom stereocenters. The molecule has 0 heterocycles. The lowest BCUT2D eigenvalue weighted by Gasteiger charge is -2.11. The van der Waals surface area contributed by atoms with Crippen LogP contribution in [0.5, 0.6) is 0 Å². The second-order valence-electron chi connectivity index (χ2n) is 5.22. The molecule has 116 valence electrons. The summed E-state index contributed by atoms with van der Waals surface area (Å²) in [5.74, 6) is 2.07. The van der Waals surface area contributed by atoms with Crippen LogP contribution in [-0.4, -0.2) is 17.4 Å². The van der Waals surface area contributed by atoms with E-state index >= 15 is 0 Å². The number of anilines is 1. The zero-order valence-corrected chi connectivity index (χ0v) is 14.7. The number of aryl methyl sites for hydroxylation is 2. The Kier molecular flexibility index (Phi) is 6.74. The molecule has 0 amide bonds. The van der Waals surface area contributed by atoms with E-state index in [0.29, 0.717) is 5.11 Å². The highest BCUT2D eigenvalue weighted by Gasteiger charge is 1.99. The Hall–Kier alpha value is -1.52. The van der Waals surface area contributed by atoms with Crippen LogP contribution in [0.15, 0.2) is 48.5 Å². The van der Waals surface area contributed by atoms with Crippen molar-refractivity contribution < 1.29 is 0 Å². The second kappa shape index (κ2) is 8.81. The molecule has 0 aromatic heterocycles. The van der Waals surface area contributed by atoms with Crippen LogP contribution in [0.25, 0.3) is 0 Å². The molecule has 0 atom stereocenters. The Morgan fingerprint density at radius 3 is 2.55 bits per heavy atom. The molecule has 0 bridgehead atoms. The van der Waals surface area contributed by atoms with Crippen LogP contribution in [0.2, 0.25) is 0 Å². The zero-order chi connectivity index (χ0) is 15.8. The van der Waals surface area contributed by atoms with Crippen molar-refractivity contribution in [1.29, 1.82) is 0 Å². The number of benzene rings is 2. The van der Waals surface area contributed by atoms with Crippen LogP contribution in [0, 0.1) is 13.8 Å². The van der Waals surface area contributed by atoms with Gasteiger partial charge in [-0.15, -0.1) is 0 Å². The smallest absolute Gasteiger partial charge is 0.170 e. The van der Waals surface area contributed by atoms with Gasteiger partial charge in [0, 0.05) is 23.7 Å². The first-order valence-corrected chi connectivity index (χ1v) is 8.95. The van der Waals surface area contributed by atoms with E-state index in [1.807, 2.05) is 17.8 Å². The van der Waals surface area contributed by atoms with E-state index in [4.69, 9.17) is 12.2 Å². The monoisotopic (exact) mass is 330 g/mol. The van der Waals surface area contributed by atoms with E-state index in [1.165, 1.54) is 16.7 Å². The highest BCUT2D eigenvalue weighted by molar-refractivity contribution is 7.98. The SMILES string of the molecule is Cc1ccc(NC(=S)NCCSCc2ccccc2)cc1C. The average molecular weight is 331 g/mol. The standard InChI is InChI=1S/C18H22N2S2/c1-14-8-9-17(12-15(14)2)20-18(21)19-10-11-22-13-16-6-4-3-5-7-16/h3-9,12H,10-11,13H2,1-2H3,(H2,19,20,21). The van der Waals surface area contributed by atoms with E-state index in [9.17, 15) is 0 Å². The predicted octanol–water partition coefficient (Wildman–Crippen LogP) is 4.52.